The molecule has 2 N–H and O–H groups in total. The molecular formula is C16H18N2O2. The van der Waals surface area contributed by atoms with Crippen LogP contribution in [0.3, 0.4) is 0 Å². The van der Waals surface area contributed by atoms with Crippen LogP contribution in [0.1, 0.15) is 29.7 Å². The molecule has 0 aliphatic carbocycles. The van der Waals surface area contributed by atoms with Crippen LogP contribution in [0.4, 0.5) is 0 Å². The number of aromatic nitrogens is 1. The van der Waals surface area contributed by atoms with Crippen molar-refractivity contribution < 1.29 is 9.90 Å². The smallest absolute Gasteiger partial charge is 0.307 e. The Morgan fingerprint density at radius 2 is 2.00 bits per heavy atom. The normalized spacial score (nSPS) is 12.1. The van der Waals surface area contributed by atoms with Gasteiger partial charge >= 0.3 is 5.97 Å². The first-order valence-corrected chi connectivity index (χ1v) is 6.58. The molecule has 0 spiro atoms. The number of nitrogens with zero attached hydrogens (tertiary/aromatic N) is 1. The number of hydrogen-bond acceptors (Lipinski definition) is 3. The number of carboxylic acids is 1. The van der Waals surface area contributed by atoms with E-state index < -0.39 is 5.97 Å². The van der Waals surface area contributed by atoms with Crippen molar-refractivity contribution in [2.45, 2.75) is 25.9 Å². The van der Waals surface area contributed by atoms with E-state index in [1.807, 2.05) is 42.6 Å². The summed E-state index contributed by atoms with van der Waals surface area (Å²) in [5.74, 6) is -0.808. The molecule has 0 aliphatic heterocycles. The minimum absolute atomic E-state index is 0.0547. The first-order chi connectivity index (χ1) is 9.66. The molecule has 0 fully saturated rings. The molecule has 1 heterocycles. The van der Waals surface area contributed by atoms with Gasteiger partial charge in [0.2, 0.25) is 0 Å². The van der Waals surface area contributed by atoms with Gasteiger partial charge in [-0.05, 0) is 29.7 Å². The van der Waals surface area contributed by atoms with E-state index in [1.165, 1.54) is 0 Å². The summed E-state index contributed by atoms with van der Waals surface area (Å²) in [7, 11) is 0. The van der Waals surface area contributed by atoms with Crippen LogP contribution in [0.15, 0.2) is 48.8 Å². The summed E-state index contributed by atoms with van der Waals surface area (Å²) < 4.78 is 0. The summed E-state index contributed by atoms with van der Waals surface area (Å²) in [6.07, 6.45) is 3.64. The number of aliphatic carboxylic acids is 1. The first-order valence-electron chi connectivity index (χ1n) is 6.58. The minimum Gasteiger partial charge on any atom is -0.481 e. The SMILES string of the molecule is C[C@H](NCc1ccccc1CC(=O)O)c1cccnc1. The molecule has 20 heavy (non-hydrogen) atoms. The van der Waals surface area contributed by atoms with Crippen LogP contribution in [0.25, 0.3) is 0 Å². The summed E-state index contributed by atoms with van der Waals surface area (Å²) in [6.45, 7) is 2.70. The average Bonchev–Trinajstić information content (AvgIpc) is 2.46. The zero-order valence-electron chi connectivity index (χ0n) is 11.4. The van der Waals surface area contributed by atoms with E-state index in [2.05, 4.69) is 17.2 Å². The van der Waals surface area contributed by atoms with E-state index in [9.17, 15) is 4.79 Å². The van der Waals surface area contributed by atoms with Gasteiger partial charge in [0.1, 0.15) is 0 Å². The molecular weight excluding hydrogens is 252 g/mol. The van der Waals surface area contributed by atoms with E-state index in [0.717, 1.165) is 16.7 Å². The number of nitrogens with one attached hydrogen (secondary N) is 1. The van der Waals surface area contributed by atoms with Crippen molar-refractivity contribution in [2.24, 2.45) is 0 Å². The molecule has 4 heteroatoms. The molecule has 0 saturated heterocycles. The molecule has 0 bridgehead atoms. The van der Waals surface area contributed by atoms with Crippen molar-refractivity contribution in [3.63, 3.8) is 0 Å². The Morgan fingerprint density at radius 3 is 2.65 bits per heavy atom. The maximum atomic E-state index is 10.9. The number of benzene rings is 1. The molecule has 4 nitrogen and oxygen atoms in total. The number of hydrogen-bond donors (Lipinski definition) is 2. The average molecular weight is 270 g/mol. The van der Waals surface area contributed by atoms with E-state index in [1.54, 1.807) is 6.20 Å². The molecule has 0 radical (unpaired) electrons. The van der Waals surface area contributed by atoms with Crippen LogP contribution in [0.5, 0.6) is 0 Å². The van der Waals surface area contributed by atoms with E-state index >= 15 is 0 Å². The molecule has 2 rings (SSSR count). The van der Waals surface area contributed by atoms with Crippen molar-refractivity contribution in [1.82, 2.24) is 10.3 Å². The highest BCUT2D eigenvalue weighted by Gasteiger charge is 2.08. The lowest BCUT2D eigenvalue weighted by molar-refractivity contribution is -0.136. The van der Waals surface area contributed by atoms with Gasteiger partial charge in [0.25, 0.3) is 0 Å². The highest BCUT2D eigenvalue weighted by Crippen LogP contribution is 2.14. The number of carbonyl (C=O) groups is 1. The molecule has 104 valence electrons. The first kappa shape index (κ1) is 14.2. The number of carboxylic acid groups (broad SMARTS) is 1. The maximum Gasteiger partial charge on any atom is 0.307 e. The van der Waals surface area contributed by atoms with Crippen LogP contribution in [-0.2, 0) is 17.8 Å². The van der Waals surface area contributed by atoms with Crippen LogP contribution < -0.4 is 5.32 Å². The van der Waals surface area contributed by atoms with Crippen LogP contribution in [0.2, 0.25) is 0 Å². The van der Waals surface area contributed by atoms with Crippen LogP contribution in [0, 0.1) is 0 Å². The lowest BCUT2D eigenvalue weighted by Gasteiger charge is -2.15. The molecule has 1 atom stereocenters. The minimum atomic E-state index is -0.808. The van der Waals surface area contributed by atoms with Crippen molar-refractivity contribution in [3.8, 4) is 0 Å². The Hall–Kier alpha value is -2.20. The standard InChI is InChI=1S/C16H18N2O2/c1-12(14-7-4-8-17-10-14)18-11-15-6-3-2-5-13(15)9-16(19)20/h2-8,10,12,18H,9,11H2,1H3,(H,19,20)/t12-/m0/s1. The summed E-state index contributed by atoms with van der Waals surface area (Å²) in [5.41, 5.74) is 2.99. The van der Waals surface area contributed by atoms with Gasteiger partial charge in [-0.15, -0.1) is 0 Å². The lowest BCUT2D eigenvalue weighted by atomic mass is 10.0. The number of rotatable bonds is 6. The molecule has 2 aromatic rings. The fraction of sp³-hybridized carbons (Fsp3) is 0.250. The summed E-state index contributed by atoms with van der Waals surface area (Å²) in [5, 5.41) is 12.3. The van der Waals surface area contributed by atoms with Gasteiger partial charge in [-0.2, -0.15) is 0 Å². The fourth-order valence-corrected chi connectivity index (χ4v) is 2.08. The van der Waals surface area contributed by atoms with E-state index in [-0.39, 0.29) is 12.5 Å². The molecule has 1 aromatic carbocycles. The van der Waals surface area contributed by atoms with Crippen LogP contribution >= 0.6 is 0 Å². The fourth-order valence-electron chi connectivity index (χ4n) is 2.08. The second kappa shape index (κ2) is 6.82. The third kappa shape index (κ3) is 3.90. The molecule has 0 amide bonds. The molecule has 0 unspecified atom stereocenters. The predicted molar refractivity (Wildman–Crippen MR) is 77.3 cm³/mol. The van der Waals surface area contributed by atoms with E-state index in [0.29, 0.717) is 6.54 Å². The molecule has 0 aliphatic rings. The van der Waals surface area contributed by atoms with Gasteiger partial charge < -0.3 is 10.4 Å². The predicted octanol–water partition coefficient (Wildman–Crippen LogP) is 2.56. The Morgan fingerprint density at radius 1 is 1.25 bits per heavy atom. The summed E-state index contributed by atoms with van der Waals surface area (Å²) >= 11 is 0. The summed E-state index contributed by atoms with van der Waals surface area (Å²) in [6, 6.07) is 11.7. The maximum absolute atomic E-state index is 10.9. The highest BCUT2D eigenvalue weighted by atomic mass is 16.4. The Bertz CT molecular complexity index is 570. The Kier molecular flexibility index (Phi) is 4.85. The second-order valence-electron chi connectivity index (χ2n) is 4.73. The van der Waals surface area contributed by atoms with Gasteiger partial charge in [-0.25, -0.2) is 0 Å². The van der Waals surface area contributed by atoms with Gasteiger partial charge in [-0.1, -0.05) is 30.3 Å². The summed E-state index contributed by atoms with van der Waals surface area (Å²) in [4.78, 5) is 15.0. The van der Waals surface area contributed by atoms with Gasteiger partial charge in [0.15, 0.2) is 0 Å². The van der Waals surface area contributed by atoms with Gasteiger partial charge in [0, 0.05) is 25.0 Å². The van der Waals surface area contributed by atoms with Gasteiger partial charge in [-0.3, -0.25) is 9.78 Å². The second-order valence-corrected chi connectivity index (χ2v) is 4.73. The van der Waals surface area contributed by atoms with E-state index in [4.69, 9.17) is 5.11 Å². The van der Waals surface area contributed by atoms with Crippen molar-refractivity contribution in [3.05, 3.63) is 65.5 Å². The number of pyridine rings is 1. The lowest BCUT2D eigenvalue weighted by Crippen LogP contribution is -2.19. The molecule has 1 aromatic heterocycles. The zero-order valence-corrected chi connectivity index (χ0v) is 11.4. The van der Waals surface area contributed by atoms with Crippen molar-refractivity contribution >= 4 is 5.97 Å². The topological polar surface area (TPSA) is 62.2 Å². The Labute approximate surface area is 118 Å². The quantitative estimate of drug-likeness (QED) is 0.847. The highest BCUT2D eigenvalue weighted by molar-refractivity contribution is 5.70. The van der Waals surface area contributed by atoms with Crippen molar-refractivity contribution in [2.75, 3.05) is 0 Å². The third-order valence-electron chi connectivity index (χ3n) is 3.24. The Balaban J connectivity index is 2.02. The van der Waals surface area contributed by atoms with Crippen molar-refractivity contribution in [1.29, 1.82) is 0 Å². The third-order valence-corrected chi connectivity index (χ3v) is 3.24. The molecule has 0 saturated carbocycles. The van der Waals surface area contributed by atoms with Gasteiger partial charge in [0.05, 0.1) is 6.42 Å². The monoisotopic (exact) mass is 270 g/mol. The largest absolute Gasteiger partial charge is 0.481 e. The zero-order chi connectivity index (χ0) is 14.4. The van der Waals surface area contributed by atoms with Crippen LogP contribution in [-0.4, -0.2) is 16.1 Å².